The van der Waals surface area contributed by atoms with E-state index < -0.39 is 0 Å². The Kier molecular flexibility index (Phi) is 6.42. The summed E-state index contributed by atoms with van der Waals surface area (Å²) in [6.07, 6.45) is 2.54. The van der Waals surface area contributed by atoms with E-state index in [1.807, 2.05) is 36.4 Å². The second kappa shape index (κ2) is 9.20. The van der Waals surface area contributed by atoms with Crippen LogP contribution in [0.5, 0.6) is 0 Å². The van der Waals surface area contributed by atoms with E-state index >= 15 is 0 Å². The van der Waals surface area contributed by atoms with Crippen LogP contribution in [0, 0.1) is 0 Å². The van der Waals surface area contributed by atoms with Crippen molar-refractivity contribution in [3.05, 3.63) is 82.4 Å². The van der Waals surface area contributed by atoms with Gasteiger partial charge in [-0.05, 0) is 35.6 Å². The van der Waals surface area contributed by atoms with Crippen LogP contribution in [0.2, 0.25) is 0 Å². The normalized spacial score (nSPS) is 10.9. The van der Waals surface area contributed by atoms with Gasteiger partial charge in [-0.25, -0.2) is 0 Å². The third-order valence-electron chi connectivity index (χ3n) is 3.85. The Hall–Kier alpha value is -2.37. The second-order valence-electron chi connectivity index (χ2n) is 5.89. The van der Waals surface area contributed by atoms with Gasteiger partial charge in [0.2, 0.25) is 5.91 Å². The number of benzene rings is 1. The van der Waals surface area contributed by atoms with Gasteiger partial charge in [-0.2, -0.15) is 0 Å². The number of nitrogens with one attached hydrogen (secondary N) is 1. The topological polar surface area (TPSA) is 45.5 Å². The predicted molar refractivity (Wildman–Crippen MR) is 100 cm³/mol. The van der Waals surface area contributed by atoms with Crippen molar-refractivity contribution in [1.82, 2.24) is 10.2 Å². The monoisotopic (exact) mass is 354 g/mol. The van der Waals surface area contributed by atoms with Crippen LogP contribution in [0.25, 0.3) is 0 Å². The number of furan rings is 1. The van der Waals surface area contributed by atoms with E-state index in [-0.39, 0.29) is 5.91 Å². The molecule has 25 heavy (non-hydrogen) atoms. The molecule has 2 aromatic heterocycles. The molecule has 3 aromatic rings. The number of amides is 1. The van der Waals surface area contributed by atoms with Crippen LogP contribution in [0.1, 0.15) is 16.2 Å². The molecule has 2 heterocycles. The first-order valence-electron chi connectivity index (χ1n) is 8.37. The largest absolute Gasteiger partial charge is 0.468 e. The van der Waals surface area contributed by atoms with Crippen LogP contribution in [0.4, 0.5) is 0 Å². The molecule has 0 atom stereocenters. The first kappa shape index (κ1) is 17.5. The summed E-state index contributed by atoms with van der Waals surface area (Å²) in [7, 11) is 0. The van der Waals surface area contributed by atoms with Crippen molar-refractivity contribution >= 4 is 17.2 Å². The van der Waals surface area contributed by atoms with Crippen LogP contribution < -0.4 is 5.32 Å². The van der Waals surface area contributed by atoms with Crippen LogP contribution in [-0.2, 0) is 24.3 Å². The van der Waals surface area contributed by atoms with Gasteiger partial charge < -0.3 is 9.73 Å². The first-order chi connectivity index (χ1) is 12.3. The molecule has 0 aliphatic rings. The molecule has 5 heteroatoms. The molecule has 1 amide bonds. The third kappa shape index (κ3) is 5.89. The van der Waals surface area contributed by atoms with Crippen molar-refractivity contribution in [2.24, 2.45) is 0 Å². The summed E-state index contributed by atoms with van der Waals surface area (Å²) < 4.78 is 5.44. The molecule has 0 aliphatic carbocycles. The fraction of sp³-hybridized carbons (Fsp3) is 0.250. The maximum absolute atomic E-state index is 12.3. The lowest BCUT2D eigenvalue weighted by Gasteiger charge is -2.21. The Morgan fingerprint density at radius 2 is 1.92 bits per heavy atom. The quantitative estimate of drug-likeness (QED) is 0.637. The SMILES string of the molecule is O=C(CN(Cc1ccccc1)Cc1ccco1)NCCc1cccs1. The van der Waals surface area contributed by atoms with Gasteiger partial charge >= 0.3 is 0 Å². The summed E-state index contributed by atoms with van der Waals surface area (Å²) in [6.45, 7) is 2.33. The van der Waals surface area contributed by atoms with E-state index in [2.05, 4.69) is 33.8 Å². The van der Waals surface area contributed by atoms with Crippen LogP contribution in [0.3, 0.4) is 0 Å². The Morgan fingerprint density at radius 1 is 1.04 bits per heavy atom. The minimum Gasteiger partial charge on any atom is -0.468 e. The first-order valence-corrected chi connectivity index (χ1v) is 9.25. The predicted octanol–water partition coefficient (Wildman–Crippen LogP) is 3.70. The molecule has 0 spiro atoms. The summed E-state index contributed by atoms with van der Waals surface area (Å²) in [4.78, 5) is 15.7. The van der Waals surface area contributed by atoms with E-state index in [1.54, 1.807) is 17.6 Å². The van der Waals surface area contributed by atoms with Crippen LogP contribution in [0.15, 0.2) is 70.7 Å². The average molecular weight is 354 g/mol. The highest BCUT2D eigenvalue weighted by Crippen LogP contribution is 2.11. The van der Waals surface area contributed by atoms with Gasteiger partial charge in [0.25, 0.3) is 0 Å². The van der Waals surface area contributed by atoms with Crippen LogP contribution in [-0.4, -0.2) is 23.9 Å². The number of hydrogen-bond donors (Lipinski definition) is 1. The molecule has 1 N–H and O–H groups in total. The lowest BCUT2D eigenvalue weighted by molar-refractivity contribution is -0.122. The van der Waals surface area contributed by atoms with Crippen molar-refractivity contribution in [2.75, 3.05) is 13.1 Å². The minimum absolute atomic E-state index is 0.0408. The van der Waals surface area contributed by atoms with Gasteiger partial charge in [0.1, 0.15) is 5.76 Å². The highest BCUT2D eigenvalue weighted by molar-refractivity contribution is 7.09. The maximum atomic E-state index is 12.3. The zero-order valence-corrected chi connectivity index (χ0v) is 14.9. The Bertz CT molecular complexity index is 739. The summed E-state index contributed by atoms with van der Waals surface area (Å²) in [6, 6.07) is 18.1. The van der Waals surface area contributed by atoms with E-state index in [1.165, 1.54) is 10.4 Å². The molecular formula is C20H22N2O2S. The molecule has 1 aromatic carbocycles. The van der Waals surface area contributed by atoms with E-state index in [9.17, 15) is 4.79 Å². The smallest absolute Gasteiger partial charge is 0.234 e. The number of carbonyl (C=O) groups excluding carboxylic acids is 1. The molecule has 3 rings (SSSR count). The van der Waals surface area contributed by atoms with E-state index in [4.69, 9.17) is 4.42 Å². The van der Waals surface area contributed by atoms with Gasteiger partial charge in [0, 0.05) is 18.0 Å². The van der Waals surface area contributed by atoms with Gasteiger partial charge in [-0.3, -0.25) is 9.69 Å². The van der Waals surface area contributed by atoms with Gasteiger partial charge in [-0.15, -0.1) is 11.3 Å². The number of thiophene rings is 1. The Balaban J connectivity index is 1.53. The molecule has 0 saturated carbocycles. The van der Waals surface area contributed by atoms with Gasteiger partial charge in [0.05, 0.1) is 19.4 Å². The molecular weight excluding hydrogens is 332 g/mol. The molecule has 0 bridgehead atoms. The highest BCUT2D eigenvalue weighted by atomic mass is 32.1. The standard InChI is InChI=1S/C20H22N2O2S/c23-20(21-11-10-19-9-5-13-25-19)16-22(15-18-8-4-12-24-18)14-17-6-2-1-3-7-17/h1-9,12-13H,10-11,14-16H2,(H,21,23). The number of carbonyl (C=O) groups is 1. The summed E-state index contributed by atoms with van der Waals surface area (Å²) >= 11 is 1.72. The van der Waals surface area contributed by atoms with Crippen molar-refractivity contribution in [2.45, 2.75) is 19.5 Å². The van der Waals surface area contributed by atoms with Crippen molar-refractivity contribution in [3.63, 3.8) is 0 Å². The molecule has 0 unspecified atom stereocenters. The maximum Gasteiger partial charge on any atom is 0.234 e. The molecule has 0 radical (unpaired) electrons. The zero-order valence-electron chi connectivity index (χ0n) is 14.1. The highest BCUT2D eigenvalue weighted by Gasteiger charge is 2.13. The van der Waals surface area contributed by atoms with Gasteiger partial charge in [0.15, 0.2) is 0 Å². The zero-order chi connectivity index (χ0) is 17.3. The molecule has 0 aliphatic heterocycles. The number of nitrogens with zero attached hydrogens (tertiary/aromatic N) is 1. The van der Waals surface area contributed by atoms with Crippen molar-refractivity contribution < 1.29 is 9.21 Å². The minimum atomic E-state index is 0.0408. The Labute approximate surface area is 152 Å². The average Bonchev–Trinajstić information content (AvgIpc) is 3.29. The van der Waals surface area contributed by atoms with Crippen molar-refractivity contribution in [3.8, 4) is 0 Å². The summed E-state index contributed by atoms with van der Waals surface area (Å²) in [5.41, 5.74) is 1.18. The molecule has 130 valence electrons. The summed E-state index contributed by atoms with van der Waals surface area (Å²) in [5.74, 6) is 0.904. The molecule has 4 nitrogen and oxygen atoms in total. The van der Waals surface area contributed by atoms with Crippen molar-refractivity contribution in [1.29, 1.82) is 0 Å². The fourth-order valence-electron chi connectivity index (χ4n) is 2.67. The molecule has 0 saturated heterocycles. The number of rotatable bonds is 9. The third-order valence-corrected chi connectivity index (χ3v) is 4.79. The summed E-state index contributed by atoms with van der Waals surface area (Å²) in [5, 5.41) is 5.07. The molecule has 0 fully saturated rings. The van der Waals surface area contributed by atoms with E-state index in [0.717, 1.165) is 12.2 Å². The number of hydrogen-bond acceptors (Lipinski definition) is 4. The van der Waals surface area contributed by atoms with Gasteiger partial charge in [-0.1, -0.05) is 36.4 Å². The lowest BCUT2D eigenvalue weighted by atomic mass is 10.2. The lowest BCUT2D eigenvalue weighted by Crippen LogP contribution is -2.37. The van der Waals surface area contributed by atoms with Crippen LogP contribution >= 0.6 is 11.3 Å². The fourth-order valence-corrected chi connectivity index (χ4v) is 3.38. The second-order valence-corrected chi connectivity index (χ2v) is 6.92. The van der Waals surface area contributed by atoms with E-state index in [0.29, 0.717) is 26.2 Å². The Morgan fingerprint density at radius 3 is 2.64 bits per heavy atom.